The van der Waals surface area contributed by atoms with Crippen molar-refractivity contribution < 1.29 is 17.5 Å². The number of nitrogens with two attached hydrogens (primary N) is 1. The van der Waals surface area contributed by atoms with E-state index in [0.29, 0.717) is 28.4 Å². The summed E-state index contributed by atoms with van der Waals surface area (Å²) in [5.74, 6) is -0.126. The Morgan fingerprint density at radius 3 is 2.80 bits per heavy atom. The maximum absolute atomic E-state index is 14.5. The summed E-state index contributed by atoms with van der Waals surface area (Å²) in [5, 5.41) is 2.20. The van der Waals surface area contributed by atoms with Crippen LogP contribution in [0.15, 0.2) is 41.7 Å². The van der Waals surface area contributed by atoms with Gasteiger partial charge < -0.3 is 15.8 Å². The molecule has 0 saturated heterocycles. The van der Waals surface area contributed by atoms with Gasteiger partial charge in [-0.05, 0) is 31.2 Å². The van der Waals surface area contributed by atoms with Gasteiger partial charge in [0.05, 0.1) is 30.6 Å². The first-order valence-corrected chi connectivity index (χ1v) is 10.8. The van der Waals surface area contributed by atoms with Gasteiger partial charge in [-0.2, -0.15) is 0 Å². The largest absolute Gasteiger partial charge is 0.480 e. The number of nitrogens with zero attached hydrogens (tertiary/aromatic N) is 4. The number of fused-ring (bicyclic) bond motifs is 1. The van der Waals surface area contributed by atoms with Crippen molar-refractivity contribution in [1.82, 2.24) is 15.0 Å². The zero-order valence-electron chi connectivity index (χ0n) is 16.2. The van der Waals surface area contributed by atoms with Crippen LogP contribution in [0, 0.1) is 5.82 Å². The SMILES string of the molecule is COc1cnc2c(Nc3ccc(F)c(C4CS(=O)(=O)C(C)C(N)=N4)c3)nccc2n1. The summed E-state index contributed by atoms with van der Waals surface area (Å²) in [6.45, 7) is 1.47. The molecule has 0 fully saturated rings. The molecular weight excluding hydrogens is 411 g/mol. The van der Waals surface area contributed by atoms with Crippen molar-refractivity contribution >= 4 is 38.2 Å². The second-order valence-electron chi connectivity index (χ2n) is 6.84. The van der Waals surface area contributed by atoms with Gasteiger partial charge in [0.2, 0.25) is 5.88 Å². The summed E-state index contributed by atoms with van der Waals surface area (Å²) in [6.07, 6.45) is 3.03. The molecule has 0 aliphatic carbocycles. The Morgan fingerprint density at radius 2 is 2.07 bits per heavy atom. The summed E-state index contributed by atoms with van der Waals surface area (Å²) in [6, 6.07) is 5.03. The summed E-state index contributed by atoms with van der Waals surface area (Å²) in [5.41, 5.74) is 7.47. The molecule has 9 nitrogen and oxygen atoms in total. The molecule has 2 aromatic heterocycles. The van der Waals surface area contributed by atoms with E-state index in [2.05, 4.69) is 25.3 Å². The Kier molecular flexibility index (Phi) is 4.98. The molecule has 3 N–H and O–H groups in total. The number of halogens is 1. The van der Waals surface area contributed by atoms with Gasteiger partial charge in [0.15, 0.2) is 15.7 Å². The number of nitrogens with one attached hydrogen (secondary N) is 1. The van der Waals surface area contributed by atoms with Crippen LogP contribution in [0.4, 0.5) is 15.9 Å². The summed E-state index contributed by atoms with van der Waals surface area (Å²) in [4.78, 5) is 17.1. The van der Waals surface area contributed by atoms with E-state index in [4.69, 9.17) is 10.5 Å². The molecule has 30 heavy (non-hydrogen) atoms. The van der Waals surface area contributed by atoms with Gasteiger partial charge in [-0.3, -0.25) is 4.99 Å². The molecule has 3 heterocycles. The molecule has 0 saturated carbocycles. The van der Waals surface area contributed by atoms with Crippen LogP contribution in [0.3, 0.4) is 0 Å². The van der Waals surface area contributed by atoms with Gasteiger partial charge >= 0.3 is 0 Å². The average Bonchev–Trinajstić information content (AvgIpc) is 2.72. The van der Waals surface area contributed by atoms with Gasteiger partial charge in [-0.15, -0.1) is 0 Å². The Bertz CT molecular complexity index is 1260. The number of aliphatic imine (C=N–C) groups is 1. The average molecular weight is 430 g/mol. The lowest BCUT2D eigenvalue weighted by Gasteiger charge is -2.24. The molecule has 0 amide bonds. The third kappa shape index (κ3) is 3.63. The van der Waals surface area contributed by atoms with E-state index in [9.17, 15) is 12.8 Å². The Labute approximate surface area is 172 Å². The number of anilines is 2. The van der Waals surface area contributed by atoms with Crippen LogP contribution in [0.1, 0.15) is 18.5 Å². The smallest absolute Gasteiger partial charge is 0.232 e. The van der Waals surface area contributed by atoms with Crippen LogP contribution in [0.25, 0.3) is 11.0 Å². The van der Waals surface area contributed by atoms with Crippen molar-refractivity contribution in [3.05, 3.63) is 48.0 Å². The predicted molar refractivity (Wildman–Crippen MR) is 111 cm³/mol. The molecule has 2 unspecified atom stereocenters. The third-order valence-corrected chi connectivity index (χ3v) is 7.01. The first-order chi connectivity index (χ1) is 14.3. The van der Waals surface area contributed by atoms with Crippen LogP contribution >= 0.6 is 0 Å². The zero-order valence-corrected chi connectivity index (χ0v) is 17.0. The number of pyridine rings is 1. The first kappa shape index (κ1) is 20.0. The lowest BCUT2D eigenvalue weighted by Crippen LogP contribution is -2.40. The topological polar surface area (TPSA) is 132 Å². The van der Waals surface area contributed by atoms with Crippen molar-refractivity contribution in [2.75, 3.05) is 18.2 Å². The van der Waals surface area contributed by atoms with E-state index in [0.717, 1.165) is 0 Å². The number of hydrogen-bond donors (Lipinski definition) is 2. The minimum atomic E-state index is -3.52. The van der Waals surface area contributed by atoms with Crippen LogP contribution in [0.5, 0.6) is 5.88 Å². The van der Waals surface area contributed by atoms with Crippen molar-refractivity contribution in [1.29, 1.82) is 0 Å². The number of aromatic nitrogens is 3. The predicted octanol–water partition coefficient (Wildman–Crippen LogP) is 2.13. The fourth-order valence-corrected chi connectivity index (χ4v) is 4.57. The van der Waals surface area contributed by atoms with E-state index in [-0.39, 0.29) is 17.2 Å². The van der Waals surface area contributed by atoms with Gasteiger partial charge in [0.25, 0.3) is 0 Å². The zero-order chi connectivity index (χ0) is 21.5. The second-order valence-corrected chi connectivity index (χ2v) is 9.21. The fourth-order valence-electron chi connectivity index (χ4n) is 3.16. The molecule has 11 heteroatoms. The van der Waals surface area contributed by atoms with E-state index in [1.807, 2.05) is 0 Å². The lowest BCUT2D eigenvalue weighted by molar-refractivity contribution is 0.397. The molecule has 156 valence electrons. The molecule has 0 radical (unpaired) electrons. The number of amidine groups is 1. The molecule has 1 aliphatic rings. The summed E-state index contributed by atoms with van der Waals surface area (Å²) < 4.78 is 44.3. The maximum atomic E-state index is 14.5. The van der Waals surface area contributed by atoms with Crippen LogP contribution in [0.2, 0.25) is 0 Å². The third-order valence-electron chi connectivity index (χ3n) is 4.91. The second kappa shape index (κ2) is 7.48. The highest BCUT2D eigenvalue weighted by Crippen LogP contribution is 2.31. The molecule has 0 spiro atoms. The maximum Gasteiger partial charge on any atom is 0.232 e. The van der Waals surface area contributed by atoms with Crippen LogP contribution in [-0.2, 0) is 9.84 Å². The Morgan fingerprint density at radius 1 is 1.27 bits per heavy atom. The number of hydrogen-bond acceptors (Lipinski definition) is 9. The van der Waals surface area contributed by atoms with Crippen LogP contribution < -0.4 is 15.8 Å². The van der Waals surface area contributed by atoms with Gasteiger partial charge in [-0.1, -0.05) is 0 Å². The summed E-state index contributed by atoms with van der Waals surface area (Å²) >= 11 is 0. The minimum absolute atomic E-state index is 0.0241. The molecular formula is C19H19FN6O3S. The number of ether oxygens (including phenoxy) is 1. The van der Waals surface area contributed by atoms with Crippen molar-refractivity contribution in [2.24, 2.45) is 10.7 Å². The highest BCUT2D eigenvalue weighted by molar-refractivity contribution is 7.92. The highest BCUT2D eigenvalue weighted by atomic mass is 32.2. The molecule has 1 aromatic carbocycles. The van der Waals surface area contributed by atoms with E-state index >= 15 is 0 Å². The highest BCUT2D eigenvalue weighted by Gasteiger charge is 2.34. The van der Waals surface area contributed by atoms with Gasteiger partial charge in [0, 0.05) is 17.4 Å². The van der Waals surface area contributed by atoms with Gasteiger partial charge in [0.1, 0.15) is 22.4 Å². The summed E-state index contributed by atoms with van der Waals surface area (Å²) in [7, 11) is -2.02. The molecule has 0 bridgehead atoms. The number of methoxy groups -OCH3 is 1. The number of benzene rings is 1. The standard InChI is InChI=1S/C19H19FN6O3S/c1-10-18(21)26-15(9-30(10,27)28)12-7-11(3-4-13(12)20)24-19-17-14(5-6-22-19)25-16(29-2)8-23-17/h3-8,10,15H,9H2,1-2H3,(H2,21,26)(H,22,24). The molecule has 2 atom stereocenters. The van der Waals surface area contributed by atoms with Crippen LogP contribution in [-0.4, -0.2) is 47.3 Å². The van der Waals surface area contributed by atoms with Crippen molar-refractivity contribution in [3.8, 4) is 5.88 Å². The fraction of sp³-hybridized carbons (Fsp3) is 0.263. The number of rotatable bonds is 4. The Balaban J connectivity index is 1.71. The normalized spacial score (nSPS) is 20.6. The van der Waals surface area contributed by atoms with E-state index < -0.39 is 26.9 Å². The monoisotopic (exact) mass is 430 g/mol. The first-order valence-electron chi connectivity index (χ1n) is 9.05. The minimum Gasteiger partial charge on any atom is -0.480 e. The number of sulfone groups is 1. The van der Waals surface area contributed by atoms with Crippen molar-refractivity contribution in [2.45, 2.75) is 18.2 Å². The molecule has 1 aliphatic heterocycles. The van der Waals surface area contributed by atoms with E-state index in [1.54, 1.807) is 12.3 Å². The Hall–Kier alpha value is -3.34. The van der Waals surface area contributed by atoms with E-state index in [1.165, 1.54) is 38.4 Å². The molecule has 4 rings (SSSR count). The quantitative estimate of drug-likeness (QED) is 0.643. The van der Waals surface area contributed by atoms with Crippen molar-refractivity contribution in [3.63, 3.8) is 0 Å². The lowest BCUT2D eigenvalue weighted by atomic mass is 10.1. The van der Waals surface area contributed by atoms with Gasteiger partial charge in [-0.25, -0.2) is 27.8 Å². The molecule has 3 aromatic rings.